The second kappa shape index (κ2) is 7.05. The van der Waals surface area contributed by atoms with Crippen LogP contribution in [0.25, 0.3) is 0 Å². The number of ether oxygens (including phenoxy) is 1. The Bertz CT molecular complexity index is 329. The van der Waals surface area contributed by atoms with Crippen molar-refractivity contribution >= 4 is 23.4 Å². The van der Waals surface area contributed by atoms with E-state index in [-0.39, 0.29) is 0 Å². The molecule has 4 heteroatoms. The number of benzene rings is 1. The first-order valence-electron chi connectivity index (χ1n) is 5.24. The average molecular weight is 261 g/mol. The zero-order valence-electron chi connectivity index (χ0n) is 9.57. The molecular formula is C12H17ClO2S. The standard InChI is InChI=1S/C12H17ClO2S/c1-9(14)10-4-5-12(11(13)8-10)15-6-3-7-16-2/h4-5,8-9,14H,3,6-7H2,1-2H3. The SMILES string of the molecule is CSCCCOc1ccc(C(C)O)cc1Cl. The van der Waals surface area contributed by atoms with Gasteiger partial charge in [-0.3, -0.25) is 0 Å². The van der Waals surface area contributed by atoms with Crippen LogP contribution in [-0.2, 0) is 0 Å². The van der Waals surface area contributed by atoms with Gasteiger partial charge in [0.25, 0.3) is 0 Å². The molecule has 90 valence electrons. The third-order valence-corrected chi connectivity index (χ3v) is 3.18. The van der Waals surface area contributed by atoms with Crippen molar-refractivity contribution < 1.29 is 9.84 Å². The number of rotatable bonds is 6. The van der Waals surface area contributed by atoms with Crippen LogP contribution in [0.15, 0.2) is 18.2 Å². The van der Waals surface area contributed by atoms with Gasteiger partial charge in [-0.05, 0) is 43.0 Å². The summed E-state index contributed by atoms with van der Waals surface area (Å²) in [5, 5.41) is 9.94. The Labute approximate surface area is 106 Å². The molecule has 1 unspecified atom stereocenters. The van der Waals surface area contributed by atoms with Gasteiger partial charge in [-0.1, -0.05) is 17.7 Å². The maximum absolute atomic E-state index is 9.38. The van der Waals surface area contributed by atoms with Crippen molar-refractivity contribution in [2.45, 2.75) is 19.4 Å². The van der Waals surface area contributed by atoms with Crippen LogP contribution in [0.3, 0.4) is 0 Å². The number of hydrogen-bond donors (Lipinski definition) is 1. The molecule has 0 bridgehead atoms. The lowest BCUT2D eigenvalue weighted by atomic mass is 10.1. The van der Waals surface area contributed by atoms with Gasteiger partial charge in [0, 0.05) is 0 Å². The van der Waals surface area contributed by atoms with Gasteiger partial charge in [0.1, 0.15) is 5.75 Å². The summed E-state index contributed by atoms with van der Waals surface area (Å²) in [6.07, 6.45) is 2.59. The van der Waals surface area contributed by atoms with Crippen molar-refractivity contribution in [1.29, 1.82) is 0 Å². The van der Waals surface area contributed by atoms with E-state index in [9.17, 15) is 5.11 Å². The first kappa shape index (κ1) is 13.7. The zero-order valence-corrected chi connectivity index (χ0v) is 11.1. The van der Waals surface area contributed by atoms with Crippen molar-refractivity contribution in [3.63, 3.8) is 0 Å². The van der Waals surface area contributed by atoms with Gasteiger partial charge >= 0.3 is 0 Å². The minimum atomic E-state index is -0.497. The minimum absolute atomic E-state index is 0.497. The molecule has 1 aromatic carbocycles. The lowest BCUT2D eigenvalue weighted by molar-refractivity contribution is 0.199. The van der Waals surface area contributed by atoms with E-state index in [0.717, 1.165) is 17.7 Å². The summed E-state index contributed by atoms with van der Waals surface area (Å²) in [7, 11) is 0. The summed E-state index contributed by atoms with van der Waals surface area (Å²) in [5.41, 5.74) is 0.807. The highest BCUT2D eigenvalue weighted by atomic mass is 35.5. The second-order valence-electron chi connectivity index (χ2n) is 3.56. The highest BCUT2D eigenvalue weighted by Crippen LogP contribution is 2.27. The van der Waals surface area contributed by atoms with E-state index in [1.165, 1.54) is 0 Å². The van der Waals surface area contributed by atoms with Gasteiger partial charge in [0.05, 0.1) is 17.7 Å². The van der Waals surface area contributed by atoms with Gasteiger partial charge < -0.3 is 9.84 Å². The van der Waals surface area contributed by atoms with Crippen LogP contribution in [0.1, 0.15) is 25.0 Å². The largest absolute Gasteiger partial charge is 0.492 e. The Hall–Kier alpha value is -0.380. The van der Waals surface area contributed by atoms with Crippen LogP contribution in [0.4, 0.5) is 0 Å². The maximum atomic E-state index is 9.38. The highest BCUT2D eigenvalue weighted by molar-refractivity contribution is 7.98. The van der Waals surface area contributed by atoms with Crippen molar-refractivity contribution in [3.8, 4) is 5.75 Å². The molecule has 0 aliphatic rings. The molecule has 1 N–H and O–H groups in total. The molecule has 0 amide bonds. The second-order valence-corrected chi connectivity index (χ2v) is 4.95. The molecule has 1 aromatic rings. The van der Waals surface area contributed by atoms with Gasteiger partial charge in [0.2, 0.25) is 0 Å². The van der Waals surface area contributed by atoms with Crippen LogP contribution >= 0.6 is 23.4 Å². The summed E-state index contributed by atoms with van der Waals surface area (Å²) >= 11 is 7.85. The van der Waals surface area contributed by atoms with E-state index >= 15 is 0 Å². The van der Waals surface area contributed by atoms with Gasteiger partial charge in [0.15, 0.2) is 0 Å². The van der Waals surface area contributed by atoms with Crippen molar-refractivity contribution in [2.75, 3.05) is 18.6 Å². The predicted molar refractivity (Wildman–Crippen MR) is 70.6 cm³/mol. The van der Waals surface area contributed by atoms with Crippen LogP contribution in [0, 0.1) is 0 Å². The van der Waals surface area contributed by atoms with Gasteiger partial charge in [-0.25, -0.2) is 0 Å². The Balaban J connectivity index is 2.54. The fraction of sp³-hybridized carbons (Fsp3) is 0.500. The van der Waals surface area contributed by atoms with E-state index in [2.05, 4.69) is 6.26 Å². The van der Waals surface area contributed by atoms with Gasteiger partial charge in [-0.2, -0.15) is 11.8 Å². The molecule has 0 aromatic heterocycles. The molecule has 1 atom stereocenters. The Morgan fingerprint density at radius 2 is 2.25 bits per heavy atom. The number of halogens is 1. The van der Waals surface area contributed by atoms with E-state index in [0.29, 0.717) is 17.4 Å². The first-order valence-corrected chi connectivity index (χ1v) is 7.01. The van der Waals surface area contributed by atoms with Crippen molar-refractivity contribution in [1.82, 2.24) is 0 Å². The number of thioether (sulfide) groups is 1. The maximum Gasteiger partial charge on any atom is 0.137 e. The summed E-state index contributed by atoms with van der Waals surface area (Å²) < 4.78 is 5.55. The molecule has 2 nitrogen and oxygen atoms in total. The normalized spacial score (nSPS) is 12.5. The molecule has 0 heterocycles. The van der Waals surface area contributed by atoms with E-state index in [1.807, 2.05) is 12.1 Å². The van der Waals surface area contributed by atoms with Crippen LogP contribution in [0.2, 0.25) is 5.02 Å². The van der Waals surface area contributed by atoms with E-state index in [4.69, 9.17) is 16.3 Å². The lowest BCUT2D eigenvalue weighted by Gasteiger charge is -2.10. The number of hydrogen-bond acceptors (Lipinski definition) is 3. The molecule has 0 fully saturated rings. The third kappa shape index (κ3) is 4.24. The fourth-order valence-electron chi connectivity index (χ4n) is 1.28. The summed E-state index contributed by atoms with van der Waals surface area (Å²) in [5.74, 6) is 1.77. The molecule has 0 saturated carbocycles. The average Bonchev–Trinajstić information content (AvgIpc) is 2.26. The first-order chi connectivity index (χ1) is 7.65. The summed E-state index contributed by atoms with van der Waals surface area (Å²) in [6.45, 7) is 2.39. The minimum Gasteiger partial charge on any atom is -0.492 e. The predicted octanol–water partition coefficient (Wildman–Crippen LogP) is 3.53. The molecular weight excluding hydrogens is 244 g/mol. The molecule has 0 aliphatic heterocycles. The molecule has 0 radical (unpaired) electrons. The topological polar surface area (TPSA) is 29.5 Å². The Morgan fingerprint density at radius 1 is 1.50 bits per heavy atom. The molecule has 16 heavy (non-hydrogen) atoms. The molecule has 0 saturated heterocycles. The fourth-order valence-corrected chi connectivity index (χ4v) is 1.93. The van der Waals surface area contributed by atoms with Crippen molar-refractivity contribution in [3.05, 3.63) is 28.8 Å². The molecule has 0 aliphatic carbocycles. The van der Waals surface area contributed by atoms with Crippen LogP contribution in [-0.4, -0.2) is 23.7 Å². The monoisotopic (exact) mass is 260 g/mol. The van der Waals surface area contributed by atoms with E-state index in [1.54, 1.807) is 24.8 Å². The van der Waals surface area contributed by atoms with Crippen LogP contribution < -0.4 is 4.74 Å². The Kier molecular flexibility index (Phi) is 6.03. The number of aliphatic hydroxyl groups is 1. The highest BCUT2D eigenvalue weighted by Gasteiger charge is 2.06. The summed E-state index contributed by atoms with van der Waals surface area (Å²) in [6, 6.07) is 5.39. The quantitative estimate of drug-likeness (QED) is 0.794. The molecule has 1 rings (SSSR count). The third-order valence-electron chi connectivity index (χ3n) is 2.19. The lowest BCUT2D eigenvalue weighted by Crippen LogP contribution is -2.00. The molecule has 0 spiro atoms. The van der Waals surface area contributed by atoms with E-state index < -0.39 is 6.10 Å². The van der Waals surface area contributed by atoms with Gasteiger partial charge in [-0.15, -0.1) is 0 Å². The smallest absolute Gasteiger partial charge is 0.137 e. The number of aliphatic hydroxyl groups excluding tert-OH is 1. The van der Waals surface area contributed by atoms with Crippen LogP contribution in [0.5, 0.6) is 5.75 Å². The Morgan fingerprint density at radius 3 is 2.81 bits per heavy atom. The summed E-state index contributed by atoms with van der Waals surface area (Å²) in [4.78, 5) is 0. The van der Waals surface area contributed by atoms with Crippen molar-refractivity contribution in [2.24, 2.45) is 0 Å². The zero-order chi connectivity index (χ0) is 12.0.